The summed E-state index contributed by atoms with van der Waals surface area (Å²) in [4.78, 5) is 11.8. The molecule has 3 heterocycles. The first kappa shape index (κ1) is 10.5. The number of nitrogens with zero attached hydrogens (tertiary/aromatic N) is 2. The number of morpholine rings is 1. The van der Waals surface area contributed by atoms with Crippen LogP contribution in [0, 0.1) is 0 Å². The van der Waals surface area contributed by atoms with E-state index in [1.807, 2.05) is 6.07 Å². The van der Waals surface area contributed by atoms with Crippen LogP contribution >= 0.6 is 0 Å². The van der Waals surface area contributed by atoms with Gasteiger partial charge in [-0.25, -0.2) is 9.97 Å². The number of pyridine rings is 1. The fraction of sp³-hybridized carbons (Fsp3) is 0.455. The molecule has 0 radical (unpaired) electrons. The van der Waals surface area contributed by atoms with Gasteiger partial charge in [-0.05, 0) is 12.1 Å². The zero-order valence-electron chi connectivity index (χ0n) is 9.44. The molecule has 1 aliphatic heterocycles. The van der Waals surface area contributed by atoms with Gasteiger partial charge in [-0.1, -0.05) is 0 Å². The fourth-order valence-corrected chi connectivity index (χ4v) is 2.02. The van der Waals surface area contributed by atoms with Crippen molar-refractivity contribution in [2.24, 2.45) is 0 Å². The van der Waals surface area contributed by atoms with Crippen molar-refractivity contribution in [3.63, 3.8) is 0 Å². The highest BCUT2D eigenvalue weighted by atomic mass is 16.5. The molecular formula is C11H15N5O. The lowest BCUT2D eigenvalue weighted by Crippen LogP contribution is -2.39. The summed E-state index contributed by atoms with van der Waals surface area (Å²) in [5, 5.41) is 3.30. The van der Waals surface area contributed by atoms with E-state index < -0.39 is 0 Å². The van der Waals surface area contributed by atoms with E-state index >= 15 is 0 Å². The first-order chi connectivity index (χ1) is 8.31. The van der Waals surface area contributed by atoms with Gasteiger partial charge in [0.1, 0.15) is 11.6 Å². The molecule has 1 atom stereocenters. The molecule has 2 aromatic rings. The highest BCUT2D eigenvalue weighted by Gasteiger charge is 2.16. The van der Waals surface area contributed by atoms with Gasteiger partial charge >= 0.3 is 0 Å². The van der Waals surface area contributed by atoms with Gasteiger partial charge in [0, 0.05) is 19.5 Å². The number of hydrogen-bond acceptors (Lipinski definition) is 5. The Bertz CT molecular complexity index is 518. The Morgan fingerprint density at radius 1 is 1.41 bits per heavy atom. The van der Waals surface area contributed by atoms with Crippen molar-refractivity contribution in [3.8, 4) is 0 Å². The average molecular weight is 233 g/mol. The van der Waals surface area contributed by atoms with Crippen LogP contribution in [0.15, 0.2) is 12.1 Å². The summed E-state index contributed by atoms with van der Waals surface area (Å²) in [5.41, 5.74) is 7.20. The molecule has 6 heteroatoms. The van der Waals surface area contributed by atoms with Crippen LogP contribution in [0.25, 0.3) is 11.2 Å². The molecule has 6 nitrogen and oxygen atoms in total. The number of aromatic nitrogens is 3. The van der Waals surface area contributed by atoms with E-state index in [0.717, 1.165) is 37.5 Å². The molecule has 0 aromatic carbocycles. The minimum atomic E-state index is 0.182. The number of nitrogens with one attached hydrogen (secondary N) is 2. The second kappa shape index (κ2) is 4.31. The molecule has 0 bridgehead atoms. The zero-order valence-corrected chi connectivity index (χ0v) is 9.44. The maximum Gasteiger partial charge on any atom is 0.179 e. The van der Waals surface area contributed by atoms with E-state index in [2.05, 4.69) is 20.3 Å². The molecule has 90 valence electrons. The lowest BCUT2D eigenvalue weighted by atomic mass is 10.2. The Morgan fingerprint density at radius 2 is 2.35 bits per heavy atom. The SMILES string of the molecule is Nc1ccc2[nH]c(CC3CNCCO3)nc2n1. The Labute approximate surface area is 98.6 Å². The number of hydrogen-bond donors (Lipinski definition) is 3. The third kappa shape index (κ3) is 2.22. The monoisotopic (exact) mass is 233 g/mol. The highest BCUT2D eigenvalue weighted by Crippen LogP contribution is 2.13. The quantitative estimate of drug-likeness (QED) is 0.683. The number of anilines is 1. The molecule has 2 aromatic heterocycles. The van der Waals surface area contributed by atoms with E-state index in [1.54, 1.807) is 6.07 Å². The molecule has 0 aliphatic carbocycles. The first-order valence-electron chi connectivity index (χ1n) is 5.75. The maximum atomic E-state index is 5.63. The molecule has 4 N–H and O–H groups in total. The van der Waals surface area contributed by atoms with Crippen molar-refractivity contribution in [1.82, 2.24) is 20.3 Å². The van der Waals surface area contributed by atoms with Crippen LogP contribution in [-0.4, -0.2) is 40.8 Å². The Balaban J connectivity index is 1.80. The van der Waals surface area contributed by atoms with Crippen LogP contribution in [0.1, 0.15) is 5.82 Å². The molecule has 1 aliphatic rings. The third-order valence-electron chi connectivity index (χ3n) is 2.84. The largest absolute Gasteiger partial charge is 0.384 e. The lowest BCUT2D eigenvalue weighted by Gasteiger charge is -2.22. The summed E-state index contributed by atoms with van der Waals surface area (Å²) >= 11 is 0. The summed E-state index contributed by atoms with van der Waals surface area (Å²) in [6.45, 7) is 2.55. The molecule has 1 saturated heterocycles. The Kier molecular flexibility index (Phi) is 2.66. The van der Waals surface area contributed by atoms with E-state index in [0.29, 0.717) is 11.5 Å². The summed E-state index contributed by atoms with van der Waals surface area (Å²) in [6, 6.07) is 3.66. The molecule has 0 spiro atoms. The van der Waals surface area contributed by atoms with Crippen molar-refractivity contribution >= 4 is 17.0 Å². The van der Waals surface area contributed by atoms with Crippen LogP contribution in [0.2, 0.25) is 0 Å². The van der Waals surface area contributed by atoms with Crippen molar-refractivity contribution in [1.29, 1.82) is 0 Å². The van der Waals surface area contributed by atoms with E-state index in [4.69, 9.17) is 10.5 Å². The minimum absolute atomic E-state index is 0.182. The van der Waals surface area contributed by atoms with E-state index in [-0.39, 0.29) is 6.10 Å². The first-order valence-corrected chi connectivity index (χ1v) is 5.75. The second-order valence-corrected chi connectivity index (χ2v) is 4.19. The fourth-order valence-electron chi connectivity index (χ4n) is 2.02. The zero-order chi connectivity index (χ0) is 11.7. The number of H-pyrrole nitrogens is 1. The molecule has 0 amide bonds. The van der Waals surface area contributed by atoms with Gasteiger partial charge in [0.15, 0.2) is 5.65 Å². The Morgan fingerprint density at radius 3 is 3.18 bits per heavy atom. The maximum absolute atomic E-state index is 5.63. The van der Waals surface area contributed by atoms with Crippen molar-refractivity contribution < 1.29 is 4.74 Å². The van der Waals surface area contributed by atoms with Gasteiger partial charge in [-0.3, -0.25) is 0 Å². The topological polar surface area (TPSA) is 88.9 Å². The van der Waals surface area contributed by atoms with Gasteiger partial charge in [0.05, 0.1) is 18.2 Å². The van der Waals surface area contributed by atoms with Crippen LogP contribution < -0.4 is 11.1 Å². The third-order valence-corrected chi connectivity index (χ3v) is 2.84. The number of aromatic amines is 1. The number of nitrogens with two attached hydrogens (primary N) is 1. The van der Waals surface area contributed by atoms with Gasteiger partial charge in [0.25, 0.3) is 0 Å². The van der Waals surface area contributed by atoms with E-state index in [1.165, 1.54) is 0 Å². The smallest absolute Gasteiger partial charge is 0.179 e. The van der Waals surface area contributed by atoms with Crippen molar-refractivity contribution in [2.45, 2.75) is 12.5 Å². The van der Waals surface area contributed by atoms with Gasteiger partial charge in [-0.2, -0.15) is 0 Å². The summed E-state index contributed by atoms with van der Waals surface area (Å²) in [6.07, 6.45) is 0.949. The molecular weight excluding hydrogens is 218 g/mol. The molecule has 1 unspecified atom stereocenters. The number of ether oxygens (including phenoxy) is 1. The van der Waals surface area contributed by atoms with Gasteiger partial charge in [0.2, 0.25) is 0 Å². The molecule has 1 fully saturated rings. The summed E-state index contributed by atoms with van der Waals surface area (Å²) < 4.78 is 5.63. The second-order valence-electron chi connectivity index (χ2n) is 4.19. The number of imidazole rings is 1. The van der Waals surface area contributed by atoms with Crippen molar-refractivity contribution in [3.05, 3.63) is 18.0 Å². The van der Waals surface area contributed by atoms with Crippen LogP contribution in [0.5, 0.6) is 0 Å². The number of fused-ring (bicyclic) bond motifs is 1. The number of nitrogen functional groups attached to an aromatic ring is 1. The molecule has 3 rings (SSSR count). The normalized spacial score (nSPS) is 20.8. The van der Waals surface area contributed by atoms with Crippen LogP contribution in [-0.2, 0) is 11.2 Å². The predicted molar refractivity (Wildman–Crippen MR) is 64.6 cm³/mol. The van der Waals surface area contributed by atoms with Gasteiger partial charge in [-0.15, -0.1) is 0 Å². The van der Waals surface area contributed by atoms with E-state index in [9.17, 15) is 0 Å². The Hall–Kier alpha value is -1.66. The van der Waals surface area contributed by atoms with Crippen molar-refractivity contribution in [2.75, 3.05) is 25.4 Å². The van der Waals surface area contributed by atoms with Crippen LogP contribution in [0.4, 0.5) is 5.82 Å². The summed E-state index contributed by atoms with van der Waals surface area (Å²) in [5.74, 6) is 1.39. The average Bonchev–Trinajstić information content (AvgIpc) is 2.71. The highest BCUT2D eigenvalue weighted by molar-refractivity contribution is 5.72. The number of rotatable bonds is 2. The predicted octanol–water partition coefficient (Wildman–Crippen LogP) is 0.0710. The minimum Gasteiger partial charge on any atom is -0.384 e. The standard InChI is InChI=1S/C11H15N5O/c12-9-2-1-8-11(15-9)16-10(14-8)5-7-6-13-3-4-17-7/h1-2,7,13H,3-6H2,(H3,12,14,15,16). The molecule has 17 heavy (non-hydrogen) atoms. The summed E-state index contributed by atoms with van der Waals surface area (Å²) in [7, 11) is 0. The van der Waals surface area contributed by atoms with Gasteiger partial charge < -0.3 is 20.8 Å². The van der Waals surface area contributed by atoms with Crippen LogP contribution in [0.3, 0.4) is 0 Å². The molecule has 0 saturated carbocycles. The lowest BCUT2D eigenvalue weighted by molar-refractivity contribution is 0.0282.